The topological polar surface area (TPSA) is 173 Å². The van der Waals surface area contributed by atoms with Gasteiger partial charge < -0.3 is 39.7 Å². The maximum atomic E-state index is 13.3. The molecule has 0 bridgehead atoms. The van der Waals surface area contributed by atoms with Crippen molar-refractivity contribution in [3.05, 3.63) is 102 Å². The second-order valence-electron chi connectivity index (χ2n) is 14.6. The summed E-state index contributed by atoms with van der Waals surface area (Å²) in [6, 6.07) is 19.8. The average Bonchev–Trinajstić information content (AvgIpc) is 3.83. The van der Waals surface area contributed by atoms with Crippen molar-refractivity contribution < 1.29 is 38.6 Å². The Morgan fingerprint density at radius 2 is 1.43 bits per heavy atom. The summed E-state index contributed by atoms with van der Waals surface area (Å²) in [7, 11) is 3.19. The summed E-state index contributed by atoms with van der Waals surface area (Å²) in [4.78, 5) is 65.2. The third kappa shape index (κ3) is 8.98. The molecule has 0 aliphatic carbocycles. The smallest absolute Gasteiger partial charge is 0.414 e. The number of aromatic carboxylic acids is 1. The van der Waals surface area contributed by atoms with Gasteiger partial charge in [-0.05, 0) is 61.5 Å². The van der Waals surface area contributed by atoms with Gasteiger partial charge >= 0.3 is 12.1 Å². The average molecular weight is 783 g/mol. The Kier molecular flexibility index (Phi) is 11.4. The summed E-state index contributed by atoms with van der Waals surface area (Å²) in [5.41, 5.74) is 3.18. The number of amides is 4. The number of nitrogens with one attached hydrogen (secondary N) is 3. The molecule has 1 aliphatic rings. The van der Waals surface area contributed by atoms with Gasteiger partial charge in [-0.1, -0.05) is 36.4 Å². The first-order valence-electron chi connectivity index (χ1n) is 17.9. The lowest BCUT2D eigenvalue weighted by Gasteiger charge is -2.25. The van der Waals surface area contributed by atoms with E-state index in [-0.39, 0.29) is 48.5 Å². The molecular weight excluding hydrogens is 740 g/mol. The Hall–Kier alpha value is -6.28. The van der Waals surface area contributed by atoms with Crippen LogP contribution in [0.25, 0.3) is 10.8 Å². The van der Waals surface area contributed by atoms with Crippen LogP contribution < -0.4 is 25.6 Å². The largest absolute Gasteiger partial charge is 0.488 e. The predicted molar refractivity (Wildman–Crippen MR) is 214 cm³/mol. The highest BCUT2D eigenvalue weighted by molar-refractivity contribution is 6.19. The van der Waals surface area contributed by atoms with E-state index in [2.05, 4.69) is 16.0 Å². The summed E-state index contributed by atoms with van der Waals surface area (Å²) >= 11 is 6.46. The van der Waals surface area contributed by atoms with E-state index in [1.165, 1.54) is 27.5 Å². The number of benzene rings is 3. The number of aromatic nitrogens is 2. The molecule has 0 saturated carbocycles. The Bertz CT molecular complexity index is 2330. The molecule has 15 heteroatoms. The highest BCUT2D eigenvalue weighted by Gasteiger charge is 2.37. The van der Waals surface area contributed by atoms with Gasteiger partial charge in [-0.3, -0.25) is 19.3 Å². The van der Waals surface area contributed by atoms with Gasteiger partial charge in [0.2, 0.25) is 11.8 Å². The number of anilines is 4. The van der Waals surface area contributed by atoms with Gasteiger partial charge in [0.1, 0.15) is 29.3 Å². The van der Waals surface area contributed by atoms with Crippen molar-refractivity contribution in [1.29, 1.82) is 0 Å². The molecule has 0 spiro atoms. The zero-order valence-corrected chi connectivity index (χ0v) is 32.4. The first-order chi connectivity index (χ1) is 26.6. The van der Waals surface area contributed by atoms with Crippen LogP contribution in [0.1, 0.15) is 71.6 Å². The van der Waals surface area contributed by atoms with Gasteiger partial charge in [0.15, 0.2) is 0 Å². The van der Waals surface area contributed by atoms with Crippen LogP contribution in [-0.4, -0.2) is 62.1 Å². The fourth-order valence-corrected chi connectivity index (χ4v) is 6.84. The van der Waals surface area contributed by atoms with Crippen LogP contribution in [0, 0.1) is 0 Å². The lowest BCUT2D eigenvalue weighted by molar-refractivity contribution is -0.121. The molecule has 3 heterocycles. The summed E-state index contributed by atoms with van der Waals surface area (Å²) in [5.74, 6) is -1.84. The number of carboxylic acid groups (broad SMARTS) is 1. The lowest BCUT2D eigenvalue weighted by atomic mass is 9.95. The van der Waals surface area contributed by atoms with Gasteiger partial charge in [0, 0.05) is 74.8 Å². The van der Waals surface area contributed by atoms with E-state index in [1.807, 2.05) is 69.3 Å². The SMILES string of the molecule is Cn1cc(NC(=O)c2cc(NC(=O)CCC(=O)Nc3ccc4c5c(cc(OCc6ccccc6)c4c3)N(C(=O)OC(C)(C)C)CC5CCl)cn2C)cc1C(=O)O. The minimum Gasteiger partial charge on any atom is -0.488 e. The van der Waals surface area contributed by atoms with E-state index in [0.717, 1.165) is 21.9 Å². The van der Waals surface area contributed by atoms with Crippen molar-refractivity contribution in [2.75, 3.05) is 33.3 Å². The lowest BCUT2D eigenvalue weighted by Crippen LogP contribution is -2.36. The predicted octanol–water partition coefficient (Wildman–Crippen LogP) is 7.48. The molecule has 1 atom stereocenters. The number of ether oxygens (including phenoxy) is 2. The minimum atomic E-state index is -1.13. The summed E-state index contributed by atoms with van der Waals surface area (Å²) in [5, 5.41) is 19.1. The molecule has 0 radical (unpaired) electrons. The molecule has 5 aromatic rings. The monoisotopic (exact) mass is 782 g/mol. The van der Waals surface area contributed by atoms with Gasteiger partial charge in [-0.15, -0.1) is 11.6 Å². The van der Waals surface area contributed by atoms with Gasteiger partial charge in [0.05, 0.1) is 17.1 Å². The second kappa shape index (κ2) is 16.2. The Balaban J connectivity index is 1.15. The molecular formula is C41H43ClN6O8. The number of fused-ring (bicyclic) bond motifs is 3. The normalized spacial score (nSPS) is 13.6. The number of carboxylic acids is 1. The third-order valence-corrected chi connectivity index (χ3v) is 9.50. The van der Waals surface area contributed by atoms with Crippen LogP contribution in [0.15, 0.2) is 79.1 Å². The maximum absolute atomic E-state index is 13.3. The highest BCUT2D eigenvalue weighted by atomic mass is 35.5. The molecule has 0 saturated heterocycles. The van der Waals surface area contributed by atoms with Crippen LogP contribution >= 0.6 is 11.6 Å². The summed E-state index contributed by atoms with van der Waals surface area (Å²) in [6.45, 7) is 6.05. The zero-order valence-electron chi connectivity index (χ0n) is 31.6. The van der Waals surface area contributed by atoms with Crippen LogP contribution in [0.5, 0.6) is 5.75 Å². The van der Waals surface area contributed by atoms with E-state index >= 15 is 0 Å². The van der Waals surface area contributed by atoms with E-state index in [4.69, 9.17) is 21.1 Å². The molecule has 6 rings (SSSR count). The maximum Gasteiger partial charge on any atom is 0.414 e. The fraction of sp³-hybridized carbons (Fsp3) is 0.293. The highest BCUT2D eigenvalue weighted by Crippen LogP contribution is 2.47. The number of nitrogens with zero attached hydrogens (tertiary/aromatic N) is 3. The number of rotatable bonds is 12. The molecule has 14 nitrogen and oxygen atoms in total. The van der Waals surface area contributed by atoms with Gasteiger partial charge in [-0.2, -0.15) is 0 Å². The minimum absolute atomic E-state index is 0.0131. The van der Waals surface area contributed by atoms with E-state index < -0.39 is 29.5 Å². The molecule has 292 valence electrons. The number of carbonyl (C=O) groups excluding carboxylic acids is 4. The van der Waals surface area contributed by atoms with Crippen LogP contribution in [-0.2, 0) is 35.0 Å². The van der Waals surface area contributed by atoms with Crippen LogP contribution in [0.4, 0.5) is 27.5 Å². The molecule has 1 unspecified atom stereocenters. The number of halogens is 1. The van der Waals surface area contributed by atoms with Gasteiger partial charge in [-0.25, -0.2) is 9.59 Å². The number of carbonyl (C=O) groups is 5. The summed E-state index contributed by atoms with van der Waals surface area (Å²) < 4.78 is 15.0. The summed E-state index contributed by atoms with van der Waals surface area (Å²) in [6.07, 6.45) is 2.32. The standard InChI is InChI=1S/C41H43ClN6O8/c1-41(2,3)56-40(54)48-20-25(19-42)37-29-12-11-26(15-30(29)34(18-31(37)48)55-23-24-9-7-6-8-10-24)43-35(49)13-14-36(50)44-27-16-32(46(4)21-27)38(51)45-28-17-33(39(52)53)47(5)22-28/h6-12,15-18,21-22,25H,13-14,19-20,23H2,1-5H3,(H,43,49)(H,44,50)(H,45,51)(H,52,53). The molecule has 4 amide bonds. The van der Waals surface area contributed by atoms with E-state index in [9.17, 15) is 29.1 Å². The Labute approximate surface area is 328 Å². The fourth-order valence-electron chi connectivity index (χ4n) is 6.58. The molecule has 0 fully saturated rings. The van der Waals surface area contributed by atoms with Gasteiger partial charge in [0.25, 0.3) is 5.91 Å². The van der Waals surface area contributed by atoms with E-state index in [1.54, 1.807) is 31.3 Å². The number of aryl methyl sites for hydroxylation is 2. The molecule has 3 aromatic carbocycles. The molecule has 56 heavy (non-hydrogen) atoms. The molecule has 4 N–H and O–H groups in total. The van der Waals surface area contributed by atoms with Crippen molar-refractivity contribution in [3.8, 4) is 5.75 Å². The molecule has 2 aromatic heterocycles. The van der Waals surface area contributed by atoms with E-state index in [0.29, 0.717) is 35.0 Å². The van der Waals surface area contributed by atoms with Crippen LogP contribution in [0.3, 0.4) is 0 Å². The first-order valence-corrected chi connectivity index (χ1v) is 18.4. The number of alkyl halides is 1. The number of hydrogen-bond donors (Lipinski definition) is 4. The quantitative estimate of drug-likeness (QED) is 0.0943. The second-order valence-corrected chi connectivity index (χ2v) is 14.9. The Morgan fingerprint density at radius 1 is 0.804 bits per heavy atom. The van der Waals surface area contributed by atoms with Crippen molar-refractivity contribution >= 4 is 74.9 Å². The molecule has 1 aliphatic heterocycles. The van der Waals surface area contributed by atoms with Crippen LogP contribution in [0.2, 0.25) is 0 Å². The van der Waals surface area contributed by atoms with Crippen molar-refractivity contribution in [2.45, 2.75) is 51.7 Å². The first kappa shape index (κ1) is 39.4. The Morgan fingerprint density at radius 3 is 2.05 bits per heavy atom. The third-order valence-electron chi connectivity index (χ3n) is 9.12. The zero-order chi connectivity index (χ0) is 40.3. The number of hydrogen-bond acceptors (Lipinski definition) is 7. The van der Waals surface area contributed by atoms with Crippen molar-refractivity contribution in [1.82, 2.24) is 9.13 Å². The van der Waals surface area contributed by atoms with Crippen molar-refractivity contribution in [3.63, 3.8) is 0 Å². The van der Waals surface area contributed by atoms with Crippen molar-refractivity contribution in [2.24, 2.45) is 14.1 Å².